The Morgan fingerprint density at radius 1 is 1.26 bits per heavy atom. The van der Waals surface area contributed by atoms with Crippen molar-refractivity contribution < 1.29 is 18.7 Å². The number of rotatable bonds is 6. The molecule has 1 amide bonds. The van der Waals surface area contributed by atoms with Gasteiger partial charge in [-0.05, 0) is 36.8 Å². The predicted octanol–water partition coefficient (Wildman–Crippen LogP) is 4.53. The van der Waals surface area contributed by atoms with Gasteiger partial charge in [-0.15, -0.1) is 0 Å². The van der Waals surface area contributed by atoms with Crippen molar-refractivity contribution in [3.63, 3.8) is 0 Å². The van der Waals surface area contributed by atoms with Crippen LogP contribution in [0.4, 0.5) is 10.1 Å². The van der Waals surface area contributed by atoms with Crippen LogP contribution in [0, 0.1) is 5.82 Å². The van der Waals surface area contributed by atoms with Gasteiger partial charge in [0.2, 0.25) is 0 Å². The molecule has 0 heterocycles. The van der Waals surface area contributed by atoms with Crippen molar-refractivity contribution in [1.82, 2.24) is 0 Å². The third-order valence-electron chi connectivity index (χ3n) is 3.07. The van der Waals surface area contributed by atoms with Crippen LogP contribution in [-0.2, 0) is 0 Å². The number of carbonyl (C=O) groups is 1. The first-order chi connectivity index (χ1) is 11.0. The molecule has 0 aromatic heterocycles. The fraction of sp³-hybridized carbons (Fsp3) is 0.235. The van der Waals surface area contributed by atoms with Gasteiger partial charge in [0.25, 0.3) is 5.91 Å². The normalized spacial score (nSPS) is 10.3. The van der Waals surface area contributed by atoms with Gasteiger partial charge in [0.15, 0.2) is 0 Å². The van der Waals surface area contributed by atoms with E-state index in [0.717, 1.165) is 12.5 Å². The zero-order valence-electron chi connectivity index (χ0n) is 12.9. The molecule has 4 nitrogen and oxygen atoms in total. The van der Waals surface area contributed by atoms with E-state index in [1.807, 2.05) is 6.92 Å². The fourth-order valence-corrected chi connectivity index (χ4v) is 2.11. The number of hydrogen-bond donors (Lipinski definition) is 1. The minimum Gasteiger partial charge on any atom is -0.497 e. The molecule has 0 bridgehead atoms. The van der Waals surface area contributed by atoms with Gasteiger partial charge in [-0.2, -0.15) is 0 Å². The average molecular weight is 338 g/mol. The molecule has 0 saturated carbocycles. The molecular weight excluding hydrogens is 321 g/mol. The highest BCUT2D eigenvalue weighted by atomic mass is 35.5. The Hall–Kier alpha value is -2.27. The first-order valence-electron chi connectivity index (χ1n) is 7.12. The first-order valence-corrected chi connectivity index (χ1v) is 7.50. The van der Waals surface area contributed by atoms with Crippen molar-refractivity contribution in [2.24, 2.45) is 0 Å². The minimum absolute atomic E-state index is 0.0905. The van der Waals surface area contributed by atoms with Crippen LogP contribution in [0.2, 0.25) is 5.02 Å². The third kappa shape index (κ3) is 4.36. The van der Waals surface area contributed by atoms with Crippen LogP contribution in [0.15, 0.2) is 36.4 Å². The summed E-state index contributed by atoms with van der Waals surface area (Å²) in [6.45, 7) is 2.47. The second kappa shape index (κ2) is 7.83. The van der Waals surface area contributed by atoms with E-state index in [-0.39, 0.29) is 5.56 Å². The molecule has 122 valence electrons. The Morgan fingerprint density at radius 2 is 2.04 bits per heavy atom. The van der Waals surface area contributed by atoms with Gasteiger partial charge in [0, 0.05) is 11.1 Å². The number of hydrogen-bond acceptors (Lipinski definition) is 3. The Bertz CT molecular complexity index is 706. The molecule has 1 N–H and O–H groups in total. The second-order valence-corrected chi connectivity index (χ2v) is 5.23. The maximum absolute atomic E-state index is 14.0. The summed E-state index contributed by atoms with van der Waals surface area (Å²) in [5, 5.41) is 3.07. The number of methoxy groups -OCH3 is 1. The molecule has 0 unspecified atom stereocenters. The molecule has 2 aromatic carbocycles. The summed E-state index contributed by atoms with van der Waals surface area (Å²) >= 11 is 5.95. The summed E-state index contributed by atoms with van der Waals surface area (Å²) in [5.74, 6) is -0.430. The van der Waals surface area contributed by atoms with Crippen LogP contribution < -0.4 is 14.8 Å². The highest BCUT2D eigenvalue weighted by molar-refractivity contribution is 6.31. The molecule has 0 aliphatic carbocycles. The average Bonchev–Trinajstić information content (AvgIpc) is 2.53. The zero-order valence-corrected chi connectivity index (χ0v) is 13.6. The summed E-state index contributed by atoms with van der Waals surface area (Å²) in [7, 11) is 1.43. The lowest BCUT2D eigenvalue weighted by Gasteiger charge is -2.13. The largest absolute Gasteiger partial charge is 0.497 e. The van der Waals surface area contributed by atoms with E-state index in [9.17, 15) is 9.18 Å². The Kier molecular flexibility index (Phi) is 5.82. The Labute approximate surface area is 139 Å². The highest BCUT2D eigenvalue weighted by Gasteiger charge is 2.15. The van der Waals surface area contributed by atoms with Gasteiger partial charge < -0.3 is 14.8 Å². The van der Waals surface area contributed by atoms with Gasteiger partial charge in [-0.3, -0.25) is 4.79 Å². The van der Waals surface area contributed by atoms with Crippen molar-refractivity contribution in [2.45, 2.75) is 13.3 Å². The molecule has 2 rings (SSSR count). The van der Waals surface area contributed by atoms with Gasteiger partial charge in [-0.1, -0.05) is 18.5 Å². The molecule has 0 atom stereocenters. The van der Waals surface area contributed by atoms with Crippen LogP contribution in [0.1, 0.15) is 23.7 Å². The fourth-order valence-electron chi connectivity index (χ4n) is 1.93. The summed E-state index contributed by atoms with van der Waals surface area (Å²) in [6, 6.07) is 8.92. The van der Waals surface area contributed by atoms with Crippen LogP contribution in [0.3, 0.4) is 0 Å². The van der Waals surface area contributed by atoms with Gasteiger partial charge >= 0.3 is 0 Å². The SMILES string of the molecule is CCCOc1ccc(Cl)cc1NC(=O)c1ccc(OC)cc1F. The van der Waals surface area contributed by atoms with E-state index in [0.29, 0.717) is 28.8 Å². The second-order valence-electron chi connectivity index (χ2n) is 4.79. The summed E-state index contributed by atoms with van der Waals surface area (Å²) in [4.78, 5) is 12.3. The number of ether oxygens (including phenoxy) is 2. The van der Waals surface area contributed by atoms with Gasteiger partial charge in [-0.25, -0.2) is 4.39 Å². The van der Waals surface area contributed by atoms with E-state index in [2.05, 4.69) is 5.32 Å². The standard InChI is InChI=1S/C17H17ClFNO3/c1-3-8-23-16-7-4-11(18)9-15(16)20-17(21)13-6-5-12(22-2)10-14(13)19/h4-7,9-10H,3,8H2,1-2H3,(H,20,21). The highest BCUT2D eigenvalue weighted by Crippen LogP contribution is 2.29. The lowest BCUT2D eigenvalue weighted by atomic mass is 10.2. The number of anilines is 1. The van der Waals surface area contributed by atoms with E-state index < -0.39 is 11.7 Å². The van der Waals surface area contributed by atoms with E-state index >= 15 is 0 Å². The lowest BCUT2D eigenvalue weighted by molar-refractivity contribution is 0.102. The molecule has 0 aliphatic heterocycles. The number of carbonyl (C=O) groups excluding carboxylic acids is 1. The zero-order chi connectivity index (χ0) is 16.8. The maximum atomic E-state index is 14.0. The molecule has 2 aromatic rings. The third-order valence-corrected chi connectivity index (χ3v) is 3.31. The molecule has 23 heavy (non-hydrogen) atoms. The lowest BCUT2D eigenvalue weighted by Crippen LogP contribution is -2.15. The number of nitrogens with one attached hydrogen (secondary N) is 1. The molecule has 0 aliphatic rings. The van der Waals surface area contributed by atoms with Gasteiger partial charge in [0.05, 0.1) is 25.0 Å². The first kappa shape index (κ1) is 17.1. The molecule has 0 radical (unpaired) electrons. The number of halogens is 2. The summed E-state index contributed by atoms with van der Waals surface area (Å²) in [5.41, 5.74) is 0.304. The van der Waals surface area contributed by atoms with Crippen LogP contribution >= 0.6 is 11.6 Å². The number of amides is 1. The Morgan fingerprint density at radius 3 is 2.70 bits per heavy atom. The molecule has 0 spiro atoms. The van der Waals surface area contributed by atoms with Crippen molar-refractivity contribution in [1.29, 1.82) is 0 Å². The summed E-state index contributed by atoms with van der Waals surface area (Å²) < 4.78 is 24.5. The van der Waals surface area contributed by atoms with Crippen molar-refractivity contribution in [2.75, 3.05) is 19.0 Å². The van der Waals surface area contributed by atoms with E-state index in [1.165, 1.54) is 19.2 Å². The van der Waals surface area contributed by atoms with Gasteiger partial charge in [0.1, 0.15) is 17.3 Å². The van der Waals surface area contributed by atoms with Crippen molar-refractivity contribution in [3.05, 3.63) is 52.8 Å². The van der Waals surface area contributed by atoms with Crippen LogP contribution in [-0.4, -0.2) is 19.6 Å². The van der Waals surface area contributed by atoms with Crippen LogP contribution in [0.5, 0.6) is 11.5 Å². The molecule has 0 fully saturated rings. The Balaban J connectivity index is 2.24. The summed E-state index contributed by atoms with van der Waals surface area (Å²) in [6.07, 6.45) is 0.823. The predicted molar refractivity (Wildman–Crippen MR) is 88.1 cm³/mol. The quantitative estimate of drug-likeness (QED) is 0.842. The number of benzene rings is 2. The smallest absolute Gasteiger partial charge is 0.258 e. The topological polar surface area (TPSA) is 47.6 Å². The molecule has 6 heteroatoms. The van der Waals surface area contributed by atoms with Crippen molar-refractivity contribution in [3.8, 4) is 11.5 Å². The van der Waals surface area contributed by atoms with Crippen molar-refractivity contribution >= 4 is 23.2 Å². The monoisotopic (exact) mass is 337 g/mol. The van der Waals surface area contributed by atoms with Crippen LogP contribution in [0.25, 0.3) is 0 Å². The molecule has 0 saturated heterocycles. The molecular formula is C17H17ClFNO3. The van der Waals surface area contributed by atoms with E-state index in [4.69, 9.17) is 21.1 Å². The minimum atomic E-state index is -0.667. The van der Waals surface area contributed by atoms with E-state index in [1.54, 1.807) is 18.2 Å². The maximum Gasteiger partial charge on any atom is 0.258 e.